The molecule has 2 fully saturated rings. The van der Waals surface area contributed by atoms with E-state index in [1.807, 2.05) is 6.07 Å². The maximum Gasteiger partial charge on any atom is 0.180 e. The van der Waals surface area contributed by atoms with E-state index in [0.29, 0.717) is 12.1 Å². The monoisotopic (exact) mass is 312 g/mol. The first-order valence-corrected chi connectivity index (χ1v) is 8.51. The molecule has 122 valence electrons. The standard InChI is InChI=1S/C17H24N6/c1-13(2)21-7-9-22(10-8-21)14-11-23(12-14)16-4-3-15-17(20-16)19-6-5-18-15/h3-6,13-14H,7-12H2,1-2H3. The van der Waals surface area contributed by atoms with Gasteiger partial charge in [-0.3, -0.25) is 14.8 Å². The Bertz CT molecular complexity index is 674. The summed E-state index contributed by atoms with van der Waals surface area (Å²) in [4.78, 5) is 20.8. The molecule has 4 rings (SSSR count). The molecule has 0 saturated carbocycles. The summed E-state index contributed by atoms with van der Waals surface area (Å²) in [5, 5.41) is 0. The number of pyridine rings is 1. The zero-order chi connectivity index (χ0) is 15.8. The lowest BCUT2D eigenvalue weighted by Gasteiger charge is -2.49. The van der Waals surface area contributed by atoms with Gasteiger partial charge < -0.3 is 4.90 Å². The first-order valence-electron chi connectivity index (χ1n) is 8.51. The largest absolute Gasteiger partial charge is 0.353 e. The molecule has 2 aliphatic rings. The minimum Gasteiger partial charge on any atom is -0.353 e. The van der Waals surface area contributed by atoms with Gasteiger partial charge in [0.25, 0.3) is 0 Å². The minimum absolute atomic E-state index is 0.665. The molecule has 2 aliphatic heterocycles. The molecule has 0 amide bonds. The fourth-order valence-electron chi connectivity index (χ4n) is 3.51. The molecule has 2 aromatic heterocycles. The van der Waals surface area contributed by atoms with Crippen LogP contribution >= 0.6 is 0 Å². The van der Waals surface area contributed by atoms with Crippen LogP contribution in [0.2, 0.25) is 0 Å². The van der Waals surface area contributed by atoms with Crippen LogP contribution in [-0.4, -0.2) is 76.1 Å². The highest BCUT2D eigenvalue weighted by molar-refractivity contribution is 5.71. The summed E-state index contributed by atoms with van der Waals surface area (Å²) < 4.78 is 0. The summed E-state index contributed by atoms with van der Waals surface area (Å²) in [6.07, 6.45) is 3.41. The van der Waals surface area contributed by atoms with Crippen molar-refractivity contribution in [2.75, 3.05) is 44.2 Å². The number of aromatic nitrogens is 3. The molecule has 0 unspecified atom stereocenters. The lowest BCUT2D eigenvalue weighted by Crippen LogP contribution is -2.63. The fourth-order valence-corrected chi connectivity index (χ4v) is 3.51. The van der Waals surface area contributed by atoms with Crippen molar-refractivity contribution >= 4 is 17.0 Å². The lowest BCUT2D eigenvalue weighted by molar-refractivity contribution is 0.0676. The van der Waals surface area contributed by atoms with Gasteiger partial charge in [-0.25, -0.2) is 9.97 Å². The van der Waals surface area contributed by atoms with Gasteiger partial charge in [0.1, 0.15) is 11.3 Å². The van der Waals surface area contributed by atoms with Crippen LogP contribution in [0.15, 0.2) is 24.5 Å². The van der Waals surface area contributed by atoms with Gasteiger partial charge in [0.2, 0.25) is 0 Å². The zero-order valence-corrected chi connectivity index (χ0v) is 13.9. The molecule has 2 aromatic rings. The van der Waals surface area contributed by atoms with Crippen LogP contribution in [0.3, 0.4) is 0 Å². The third-order valence-electron chi connectivity index (χ3n) is 5.10. The van der Waals surface area contributed by atoms with Gasteiger partial charge in [0.15, 0.2) is 5.65 Å². The number of hydrogen-bond acceptors (Lipinski definition) is 6. The van der Waals surface area contributed by atoms with Crippen molar-refractivity contribution in [1.82, 2.24) is 24.8 Å². The number of fused-ring (bicyclic) bond motifs is 1. The van der Waals surface area contributed by atoms with Crippen LogP contribution in [0, 0.1) is 0 Å². The molecule has 6 nitrogen and oxygen atoms in total. The SMILES string of the molecule is CC(C)N1CCN(C2CN(c3ccc4nccnc4n3)C2)CC1. The van der Waals surface area contributed by atoms with Gasteiger partial charge in [-0.05, 0) is 26.0 Å². The zero-order valence-electron chi connectivity index (χ0n) is 13.9. The molecule has 6 heteroatoms. The van der Waals surface area contributed by atoms with Crippen molar-refractivity contribution in [2.24, 2.45) is 0 Å². The van der Waals surface area contributed by atoms with Crippen molar-refractivity contribution in [3.63, 3.8) is 0 Å². The van der Waals surface area contributed by atoms with Gasteiger partial charge in [-0.2, -0.15) is 0 Å². The van der Waals surface area contributed by atoms with Gasteiger partial charge >= 0.3 is 0 Å². The average Bonchev–Trinajstić information content (AvgIpc) is 2.54. The van der Waals surface area contributed by atoms with Crippen LogP contribution in [0.25, 0.3) is 11.2 Å². The number of rotatable bonds is 3. The van der Waals surface area contributed by atoms with E-state index < -0.39 is 0 Å². The summed E-state index contributed by atoms with van der Waals surface area (Å²) in [5.41, 5.74) is 1.59. The Labute approximate surface area is 137 Å². The molecule has 0 radical (unpaired) electrons. The smallest absolute Gasteiger partial charge is 0.180 e. The molecule has 0 spiro atoms. The lowest BCUT2D eigenvalue weighted by atomic mass is 10.1. The summed E-state index contributed by atoms with van der Waals surface area (Å²) in [7, 11) is 0. The van der Waals surface area contributed by atoms with Crippen molar-refractivity contribution in [1.29, 1.82) is 0 Å². The number of hydrogen-bond donors (Lipinski definition) is 0. The summed E-state index contributed by atoms with van der Waals surface area (Å²) in [5.74, 6) is 1.02. The number of anilines is 1. The molecule has 0 bridgehead atoms. The van der Waals surface area contributed by atoms with Crippen LogP contribution in [0.5, 0.6) is 0 Å². The van der Waals surface area contributed by atoms with Gasteiger partial charge in [-0.15, -0.1) is 0 Å². The second kappa shape index (κ2) is 6.02. The Kier molecular flexibility index (Phi) is 3.87. The quantitative estimate of drug-likeness (QED) is 0.850. The van der Waals surface area contributed by atoms with Crippen LogP contribution in [0.1, 0.15) is 13.8 Å². The van der Waals surface area contributed by atoms with E-state index in [4.69, 9.17) is 0 Å². The minimum atomic E-state index is 0.665. The fraction of sp³-hybridized carbons (Fsp3) is 0.588. The molecular formula is C17H24N6. The molecule has 0 N–H and O–H groups in total. The van der Waals surface area contributed by atoms with Crippen molar-refractivity contribution in [2.45, 2.75) is 25.9 Å². The van der Waals surface area contributed by atoms with E-state index in [1.54, 1.807) is 12.4 Å². The first-order chi connectivity index (χ1) is 11.2. The third kappa shape index (κ3) is 2.88. The van der Waals surface area contributed by atoms with Crippen molar-refractivity contribution in [3.8, 4) is 0 Å². The summed E-state index contributed by atoms with van der Waals surface area (Å²) >= 11 is 0. The Hall–Kier alpha value is -1.79. The topological polar surface area (TPSA) is 48.4 Å². The van der Waals surface area contributed by atoms with E-state index in [0.717, 1.165) is 30.1 Å². The highest BCUT2D eigenvalue weighted by Gasteiger charge is 2.34. The number of nitrogens with zero attached hydrogens (tertiary/aromatic N) is 6. The van der Waals surface area contributed by atoms with E-state index in [2.05, 4.69) is 49.6 Å². The molecule has 4 heterocycles. The first kappa shape index (κ1) is 14.8. The molecule has 0 atom stereocenters. The van der Waals surface area contributed by atoms with Crippen LogP contribution in [-0.2, 0) is 0 Å². The van der Waals surface area contributed by atoms with E-state index in [-0.39, 0.29) is 0 Å². The highest BCUT2D eigenvalue weighted by atomic mass is 15.4. The summed E-state index contributed by atoms with van der Waals surface area (Å²) in [6, 6.07) is 5.41. The second-order valence-corrected chi connectivity index (χ2v) is 6.79. The molecule has 0 aromatic carbocycles. The Balaban J connectivity index is 1.36. The van der Waals surface area contributed by atoms with Crippen LogP contribution in [0.4, 0.5) is 5.82 Å². The Morgan fingerprint density at radius 2 is 1.74 bits per heavy atom. The maximum absolute atomic E-state index is 4.64. The van der Waals surface area contributed by atoms with Crippen molar-refractivity contribution < 1.29 is 0 Å². The summed E-state index contributed by atoms with van der Waals surface area (Å²) in [6.45, 7) is 11.5. The van der Waals surface area contributed by atoms with Gasteiger partial charge in [0, 0.05) is 63.7 Å². The molecule has 0 aliphatic carbocycles. The predicted octanol–water partition coefficient (Wildman–Crippen LogP) is 1.24. The highest BCUT2D eigenvalue weighted by Crippen LogP contribution is 2.24. The van der Waals surface area contributed by atoms with Gasteiger partial charge in [-0.1, -0.05) is 0 Å². The van der Waals surface area contributed by atoms with Crippen LogP contribution < -0.4 is 4.90 Å². The van der Waals surface area contributed by atoms with E-state index in [1.165, 1.54) is 26.2 Å². The van der Waals surface area contributed by atoms with E-state index >= 15 is 0 Å². The molecule has 2 saturated heterocycles. The number of piperazine rings is 1. The maximum atomic E-state index is 4.64. The Morgan fingerprint density at radius 3 is 2.48 bits per heavy atom. The molecule has 23 heavy (non-hydrogen) atoms. The normalized spacial score (nSPS) is 21.1. The predicted molar refractivity (Wildman–Crippen MR) is 91.6 cm³/mol. The average molecular weight is 312 g/mol. The Morgan fingerprint density at radius 1 is 1.00 bits per heavy atom. The van der Waals surface area contributed by atoms with E-state index in [9.17, 15) is 0 Å². The second-order valence-electron chi connectivity index (χ2n) is 6.79. The third-order valence-corrected chi connectivity index (χ3v) is 5.10. The molecular weight excluding hydrogens is 288 g/mol. The van der Waals surface area contributed by atoms with Crippen molar-refractivity contribution in [3.05, 3.63) is 24.5 Å². The van der Waals surface area contributed by atoms with Gasteiger partial charge in [0.05, 0.1) is 0 Å².